The summed E-state index contributed by atoms with van der Waals surface area (Å²) < 4.78 is 46.8. The summed E-state index contributed by atoms with van der Waals surface area (Å²) in [4.78, 5) is 24.7. The minimum absolute atomic E-state index is 0.225. The van der Waals surface area contributed by atoms with Crippen molar-refractivity contribution >= 4 is 11.9 Å². The maximum Gasteiger partial charge on any atom is 0.336 e. The number of benzene rings is 6. The number of ether oxygens (including phenoxy) is 8. The lowest BCUT2D eigenvalue weighted by Gasteiger charge is -2.20. The van der Waals surface area contributed by atoms with Crippen LogP contribution in [0.3, 0.4) is 0 Å². The number of hydrogen-bond donors (Lipinski definition) is 0. The Morgan fingerprint density at radius 1 is 0.417 bits per heavy atom. The van der Waals surface area contributed by atoms with Crippen LogP contribution in [-0.4, -0.2) is 37.7 Å². The third-order valence-corrected chi connectivity index (χ3v) is 8.60. The molecule has 2 unspecified atom stereocenters. The maximum absolute atomic E-state index is 12.4. The summed E-state index contributed by atoms with van der Waals surface area (Å²) in [5, 5.41) is 0. The van der Waals surface area contributed by atoms with Crippen molar-refractivity contribution in [2.75, 3.05) is 13.2 Å². The lowest BCUT2D eigenvalue weighted by atomic mass is 10.1. The molecule has 0 saturated heterocycles. The molecule has 0 heterocycles. The molecule has 0 N–H and O–H groups in total. The van der Waals surface area contributed by atoms with Crippen LogP contribution in [0.1, 0.15) is 26.7 Å². The monoisotopic (exact) mass is 806 g/mol. The summed E-state index contributed by atoms with van der Waals surface area (Å²) in [5.74, 6) is 3.92. The van der Waals surface area contributed by atoms with Crippen LogP contribution in [-0.2, 0) is 19.1 Å². The first-order chi connectivity index (χ1) is 29.2. The molecule has 10 nitrogen and oxygen atoms in total. The lowest BCUT2D eigenvalue weighted by Crippen LogP contribution is -2.26. The zero-order valence-electron chi connectivity index (χ0n) is 33.5. The zero-order chi connectivity index (χ0) is 42.1. The first kappa shape index (κ1) is 42.2. The molecule has 6 aromatic rings. The molecule has 0 spiro atoms. The van der Waals surface area contributed by atoms with Gasteiger partial charge < -0.3 is 37.9 Å². The summed E-state index contributed by atoms with van der Waals surface area (Å²) in [5.41, 5.74) is 2.48. The van der Waals surface area contributed by atoms with E-state index in [1.54, 1.807) is 62.4 Å². The fourth-order valence-corrected chi connectivity index (χ4v) is 5.48. The smallest absolute Gasteiger partial charge is 0.336 e. The second-order valence-corrected chi connectivity index (χ2v) is 13.6. The Kier molecular flexibility index (Phi) is 15.0. The molecule has 2 atom stereocenters. The van der Waals surface area contributed by atoms with Gasteiger partial charge in [-0.25, -0.2) is 9.59 Å². The van der Waals surface area contributed by atoms with Crippen molar-refractivity contribution in [2.45, 2.75) is 39.3 Å². The third kappa shape index (κ3) is 13.3. The van der Waals surface area contributed by atoms with Crippen LogP contribution < -0.4 is 28.4 Å². The Balaban J connectivity index is 0.972. The number of carbonyl (C=O) groups is 2. The van der Waals surface area contributed by atoms with Crippen LogP contribution >= 0.6 is 0 Å². The van der Waals surface area contributed by atoms with Crippen molar-refractivity contribution in [3.8, 4) is 57.1 Å². The van der Waals surface area contributed by atoms with Crippen LogP contribution in [0.4, 0.5) is 0 Å². The Bertz CT molecular complexity index is 2120. The van der Waals surface area contributed by atoms with E-state index in [2.05, 4.69) is 13.2 Å². The van der Waals surface area contributed by atoms with Crippen LogP contribution in [0, 0.1) is 0 Å². The first-order valence-electron chi connectivity index (χ1n) is 19.4. The highest BCUT2D eigenvalue weighted by Crippen LogP contribution is 2.28. The van der Waals surface area contributed by atoms with E-state index in [9.17, 15) is 9.59 Å². The van der Waals surface area contributed by atoms with E-state index in [0.717, 1.165) is 22.6 Å². The highest BCUT2D eigenvalue weighted by molar-refractivity contribution is 5.87. The Morgan fingerprint density at radius 2 is 0.717 bits per heavy atom. The standard InChI is InChI=1S/C50H46O10/c1-35(2)49(51)59-47(57-45-27-23-43(24-28-45)55-41-11-7-5-8-12-41)31-33-53-39-19-15-37(16-20-39)38-17-21-40(22-18-38)54-34-32-48(60-50(52)36(3)4)58-46-29-25-44(26-30-46)56-42-13-9-6-10-14-42/h5-30,47-48H,1,3,31-34H2,2,4H3. The molecule has 0 aliphatic rings. The molecule has 0 aromatic heterocycles. The van der Waals surface area contributed by atoms with Gasteiger partial charge in [-0.1, -0.05) is 73.8 Å². The second-order valence-electron chi connectivity index (χ2n) is 13.6. The van der Waals surface area contributed by atoms with Crippen LogP contribution in [0.5, 0.6) is 46.0 Å². The molecule has 0 saturated carbocycles. The second kappa shape index (κ2) is 21.3. The summed E-state index contributed by atoms with van der Waals surface area (Å²) >= 11 is 0. The van der Waals surface area contributed by atoms with E-state index in [0.29, 0.717) is 34.5 Å². The fourth-order valence-electron chi connectivity index (χ4n) is 5.48. The number of para-hydroxylation sites is 2. The predicted octanol–water partition coefficient (Wildman–Crippen LogP) is 11.5. The zero-order valence-corrected chi connectivity index (χ0v) is 33.5. The quantitative estimate of drug-likeness (QED) is 0.0396. The van der Waals surface area contributed by atoms with Gasteiger partial charge >= 0.3 is 11.9 Å². The van der Waals surface area contributed by atoms with E-state index >= 15 is 0 Å². The number of hydrogen-bond acceptors (Lipinski definition) is 10. The van der Waals surface area contributed by atoms with Gasteiger partial charge in [-0.2, -0.15) is 0 Å². The molecular formula is C50H46O10. The highest BCUT2D eigenvalue weighted by Gasteiger charge is 2.19. The Labute approximate surface area is 350 Å². The molecule has 0 bridgehead atoms. The number of rotatable bonds is 21. The van der Waals surface area contributed by atoms with Gasteiger partial charge in [-0.15, -0.1) is 0 Å². The van der Waals surface area contributed by atoms with E-state index in [1.165, 1.54) is 0 Å². The van der Waals surface area contributed by atoms with Crippen molar-refractivity contribution in [3.05, 3.63) is 182 Å². The van der Waals surface area contributed by atoms with Crippen LogP contribution in [0.2, 0.25) is 0 Å². The van der Waals surface area contributed by atoms with Crippen molar-refractivity contribution in [3.63, 3.8) is 0 Å². The summed E-state index contributed by atoms with van der Waals surface area (Å²) in [6.45, 7) is 11.0. The minimum atomic E-state index is -0.904. The molecule has 0 aliphatic carbocycles. The van der Waals surface area contributed by atoms with Crippen molar-refractivity contribution in [1.29, 1.82) is 0 Å². The van der Waals surface area contributed by atoms with Gasteiger partial charge in [-0.05, 0) is 122 Å². The topological polar surface area (TPSA) is 108 Å². The Morgan fingerprint density at radius 3 is 1.05 bits per heavy atom. The van der Waals surface area contributed by atoms with Gasteiger partial charge in [0, 0.05) is 11.1 Å². The van der Waals surface area contributed by atoms with E-state index in [1.807, 2.05) is 109 Å². The SMILES string of the molecule is C=C(C)C(=O)OC(CCOc1ccc(-c2ccc(OCCC(OC(=O)C(=C)C)Oc3ccc(Oc4ccccc4)cc3)cc2)cc1)Oc1ccc(Oc2ccccc2)cc1. The van der Waals surface area contributed by atoms with Crippen LogP contribution in [0.25, 0.3) is 11.1 Å². The van der Waals surface area contributed by atoms with E-state index in [4.69, 9.17) is 37.9 Å². The minimum Gasteiger partial charge on any atom is -0.493 e. The number of carbonyl (C=O) groups excluding carboxylic acids is 2. The number of esters is 2. The van der Waals surface area contributed by atoms with Crippen LogP contribution in [0.15, 0.2) is 182 Å². The summed E-state index contributed by atoms with van der Waals surface area (Å²) in [6, 6.07) is 48.3. The molecule has 0 radical (unpaired) electrons. The maximum atomic E-state index is 12.4. The Hall–Kier alpha value is -7.46. The molecule has 6 rings (SSSR count). The van der Waals surface area contributed by atoms with Crippen molar-refractivity contribution in [1.82, 2.24) is 0 Å². The van der Waals surface area contributed by atoms with Gasteiger partial charge in [0.1, 0.15) is 46.0 Å². The van der Waals surface area contributed by atoms with Gasteiger partial charge in [0.25, 0.3) is 0 Å². The van der Waals surface area contributed by atoms with Gasteiger partial charge in [0.05, 0.1) is 26.1 Å². The summed E-state index contributed by atoms with van der Waals surface area (Å²) in [6.07, 6.45) is -1.27. The third-order valence-electron chi connectivity index (χ3n) is 8.60. The lowest BCUT2D eigenvalue weighted by molar-refractivity contribution is -0.161. The molecule has 60 heavy (non-hydrogen) atoms. The van der Waals surface area contributed by atoms with Crippen molar-refractivity contribution in [2.24, 2.45) is 0 Å². The summed E-state index contributed by atoms with van der Waals surface area (Å²) in [7, 11) is 0. The first-order valence-corrected chi connectivity index (χ1v) is 19.4. The van der Waals surface area contributed by atoms with Crippen molar-refractivity contribution < 1.29 is 47.5 Å². The average molecular weight is 807 g/mol. The molecule has 0 fully saturated rings. The molecule has 306 valence electrons. The van der Waals surface area contributed by atoms with E-state index < -0.39 is 24.5 Å². The molecular weight excluding hydrogens is 761 g/mol. The molecule has 0 amide bonds. The van der Waals surface area contributed by atoms with E-state index in [-0.39, 0.29) is 37.2 Å². The van der Waals surface area contributed by atoms with Gasteiger partial charge in [0.2, 0.25) is 12.6 Å². The molecule has 10 heteroatoms. The highest BCUT2D eigenvalue weighted by atomic mass is 16.7. The van der Waals surface area contributed by atoms with Gasteiger partial charge in [0.15, 0.2) is 0 Å². The molecule has 0 aliphatic heterocycles. The molecule has 6 aromatic carbocycles. The largest absolute Gasteiger partial charge is 0.493 e. The fraction of sp³-hybridized carbons (Fsp3) is 0.160. The normalized spacial score (nSPS) is 11.6. The average Bonchev–Trinajstić information content (AvgIpc) is 3.26. The van der Waals surface area contributed by atoms with Gasteiger partial charge in [-0.3, -0.25) is 0 Å². The predicted molar refractivity (Wildman–Crippen MR) is 229 cm³/mol.